The van der Waals surface area contributed by atoms with Gasteiger partial charge in [-0.25, -0.2) is 4.39 Å². The molecule has 0 aliphatic heterocycles. The Labute approximate surface area is 148 Å². The second-order valence-electron chi connectivity index (χ2n) is 6.12. The largest absolute Gasteiger partial charge is 0.497 e. The molecular weight excluding hydrogens is 323 g/mol. The first kappa shape index (κ1) is 18.9. The van der Waals surface area contributed by atoms with Crippen LogP contribution in [-0.2, 0) is 12.8 Å². The van der Waals surface area contributed by atoms with E-state index in [9.17, 15) is 0 Å². The molecule has 0 aliphatic rings. The molecule has 0 saturated heterocycles. The SMILES string of the molecule is COc1ccc(CC(C)(F)Cc2ccc(OC)cc2OC)c(OC)c1. The van der Waals surface area contributed by atoms with E-state index in [1.54, 1.807) is 47.5 Å². The Morgan fingerprint density at radius 2 is 1.12 bits per heavy atom. The molecule has 136 valence electrons. The number of alkyl halides is 1. The van der Waals surface area contributed by atoms with Gasteiger partial charge in [0.1, 0.15) is 28.7 Å². The van der Waals surface area contributed by atoms with E-state index in [-0.39, 0.29) is 12.8 Å². The fourth-order valence-corrected chi connectivity index (χ4v) is 2.85. The molecule has 0 heterocycles. The number of hydrogen-bond donors (Lipinski definition) is 0. The first-order valence-electron chi connectivity index (χ1n) is 8.03. The molecule has 2 rings (SSSR count). The lowest BCUT2D eigenvalue weighted by atomic mass is 9.90. The lowest BCUT2D eigenvalue weighted by Gasteiger charge is -2.23. The van der Waals surface area contributed by atoms with Crippen LogP contribution in [0.1, 0.15) is 18.1 Å². The highest BCUT2D eigenvalue weighted by Gasteiger charge is 2.27. The summed E-state index contributed by atoms with van der Waals surface area (Å²) >= 11 is 0. The van der Waals surface area contributed by atoms with Gasteiger partial charge in [0, 0.05) is 25.0 Å². The maximum Gasteiger partial charge on any atom is 0.125 e. The van der Waals surface area contributed by atoms with Crippen molar-refractivity contribution in [3.63, 3.8) is 0 Å². The maximum atomic E-state index is 15.3. The normalized spacial score (nSPS) is 11.1. The van der Waals surface area contributed by atoms with E-state index in [1.807, 2.05) is 24.3 Å². The summed E-state index contributed by atoms with van der Waals surface area (Å²) in [4.78, 5) is 0. The van der Waals surface area contributed by atoms with Gasteiger partial charge in [-0.05, 0) is 30.2 Å². The minimum absolute atomic E-state index is 0.218. The van der Waals surface area contributed by atoms with Gasteiger partial charge in [0.05, 0.1) is 28.4 Å². The molecule has 0 atom stereocenters. The van der Waals surface area contributed by atoms with E-state index in [0.717, 1.165) is 11.1 Å². The second-order valence-corrected chi connectivity index (χ2v) is 6.12. The molecule has 0 N–H and O–H groups in total. The van der Waals surface area contributed by atoms with Crippen LogP contribution < -0.4 is 18.9 Å². The van der Waals surface area contributed by atoms with E-state index in [0.29, 0.717) is 23.0 Å². The number of hydrogen-bond acceptors (Lipinski definition) is 4. The summed E-state index contributed by atoms with van der Waals surface area (Å²) in [7, 11) is 6.31. The average Bonchev–Trinajstić information content (AvgIpc) is 2.61. The minimum Gasteiger partial charge on any atom is -0.497 e. The zero-order valence-corrected chi connectivity index (χ0v) is 15.4. The van der Waals surface area contributed by atoms with Crippen LogP contribution >= 0.6 is 0 Å². The van der Waals surface area contributed by atoms with Crippen molar-refractivity contribution in [2.75, 3.05) is 28.4 Å². The predicted molar refractivity (Wildman–Crippen MR) is 96.0 cm³/mol. The van der Waals surface area contributed by atoms with Gasteiger partial charge in [-0.2, -0.15) is 0 Å². The van der Waals surface area contributed by atoms with Crippen LogP contribution in [0.4, 0.5) is 4.39 Å². The minimum atomic E-state index is -1.47. The average molecular weight is 348 g/mol. The molecule has 0 saturated carbocycles. The van der Waals surface area contributed by atoms with Crippen molar-refractivity contribution in [2.24, 2.45) is 0 Å². The van der Waals surface area contributed by atoms with Gasteiger partial charge in [-0.1, -0.05) is 12.1 Å². The molecule has 4 nitrogen and oxygen atoms in total. The molecule has 0 aromatic heterocycles. The highest BCUT2D eigenvalue weighted by atomic mass is 19.1. The quantitative estimate of drug-likeness (QED) is 0.715. The van der Waals surface area contributed by atoms with Crippen LogP contribution in [0.15, 0.2) is 36.4 Å². The van der Waals surface area contributed by atoms with E-state index in [2.05, 4.69) is 0 Å². The van der Waals surface area contributed by atoms with E-state index in [1.165, 1.54) is 0 Å². The van der Waals surface area contributed by atoms with Gasteiger partial charge in [-0.15, -0.1) is 0 Å². The van der Waals surface area contributed by atoms with E-state index >= 15 is 4.39 Å². The fraction of sp³-hybridized carbons (Fsp3) is 0.400. The molecule has 0 bridgehead atoms. The second kappa shape index (κ2) is 8.10. The Morgan fingerprint density at radius 1 is 0.720 bits per heavy atom. The van der Waals surface area contributed by atoms with Gasteiger partial charge in [-0.3, -0.25) is 0 Å². The van der Waals surface area contributed by atoms with Crippen LogP contribution in [0.25, 0.3) is 0 Å². The number of rotatable bonds is 8. The third-order valence-electron chi connectivity index (χ3n) is 4.11. The molecule has 0 radical (unpaired) electrons. The van der Waals surface area contributed by atoms with Crippen molar-refractivity contribution in [3.8, 4) is 23.0 Å². The third kappa shape index (κ3) is 4.78. The molecule has 2 aromatic rings. The van der Waals surface area contributed by atoms with Crippen molar-refractivity contribution < 1.29 is 23.3 Å². The zero-order chi connectivity index (χ0) is 18.4. The summed E-state index contributed by atoms with van der Waals surface area (Å²) in [5, 5.41) is 0. The zero-order valence-electron chi connectivity index (χ0n) is 15.4. The van der Waals surface area contributed by atoms with Crippen molar-refractivity contribution in [1.29, 1.82) is 0 Å². The highest BCUT2D eigenvalue weighted by molar-refractivity contribution is 5.43. The smallest absolute Gasteiger partial charge is 0.125 e. The van der Waals surface area contributed by atoms with Gasteiger partial charge in [0.15, 0.2) is 0 Å². The molecule has 2 aromatic carbocycles. The molecule has 25 heavy (non-hydrogen) atoms. The van der Waals surface area contributed by atoms with Gasteiger partial charge < -0.3 is 18.9 Å². The van der Waals surface area contributed by atoms with Crippen LogP contribution in [0, 0.1) is 0 Å². The summed E-state index contributed by atoms with van der Waals surface area (Å²) in [6, 6.07) is 10.8. The van der Waals surface area contributed by atoms with Crippen LogP contribution in [0.2, 0.25) is 0 Å². The topological polar surface area (TPSA) is 36.9 Å². The lowest BCUT2D eigenvalue weighted by molar-refractivity contribution is 0.185. The molecule has 0 aliphatic carbocycles. The van der Waals surface area contributed by atoms with Crippen molar-refractivity contribution in [2.45, 2.75) is 25.4 Å². The third-order valence-corrected chi connectivity index (χ3v) is 4.11. The Bertz CT molecular complexity index is 653. The molecule has 0 unspecified atom stereocenters. The standard InChI is InChI=1S/C20H25FO4/c1-20(21,12-14-6-8-16(22-2)10-18(14)24-4)13-15-7-9-17(23-3)11-19(15)25-5/h6-11H,12-13H2,1-5H3. The van der Waals surface area contributed by atoms with Gasteiger partial charge in [0.25, 0.3) is 0 Å². The number of methoxy groups -OCH3 is 4. The Balaban J connectivity index is 2.22. The van der Waals surface area contributed by atoms with Crippen LogP contribution in [-0.4, -0.2) is 34.1 Å². The molecule has 0 fully saturated rings. The summed E-state index contributed by atoms with van der Waals surface area (Å²) in [6.07, 6.45) is 0.435. The summed E-state index contributed by atoms with van der Waals surface area (Å²) in [6.45, 7) is 1.58. The van der Waals surface area contributed by atoms with Crippen LogP contribution in [0.5, 0.6) is 23.0 Å². The Morgan fingerprint density at radius 3 is 1.44 bits per heavy atom. The van der Waals surface area contributed by atoms with E-state index in [4.69, 9.17) is 18.9 Å². The Kier molecular flexibility index (Phi) is 6.12. The maximum absolute atomic E-state index is 15.3. The molecule has 0 amide bonds. The van der Waals surface area contributed by atoms with Gasteiger partial charge in [0.2, 0.25) is 0 Å². The van der Waals surface area contributed by atoms with Crippen molar-refractivity contribution >= 4 is 0 Å². The summed E-state index contributed by atoms with van der Waals surface area (Å²) < 4.78 is 36.4. The number of benzene rings is 2. The monoisotopic (exact) mass is 348 g/mol. The molecular formula is C20H25FO4. The highest BCUT2D eigenvalue weighted by Crippen LogP contribution is 2.33. The fourth-order valence-electron chi connectivity index (χ4n) is 2.85. The first-order valence-corrected chi connectivity index (χ1v) is 8.03. The lowest BCUT2D eigenvalue weighted by Crippen LogP contribution is -2.25. The van der Waals surface area contributed by atoms with Crippen LogP contribution in [0.3, 0.4) is 0 Å². The molecule has 0 spiro atoms. The molecule has 5 heteroatoms. The Hall–Kier alpha value is -2.43. The van der Waals surface area contributed by atoms with Crippen molar-refractivity contribution in [1.82, 2.24) is 0 Å². The van der Waals surface area contributed by atoms with Gasteiger partial charge >= 0.3 is 0 Å². The summed E-state index contributed by atoms with van der Waals surface area (Å²) in [5.74, 6) is 2.59. The van der Waals surface area contributed by atoms with Crippen molar-refractivity contribution in [3.05, 3.63) is 47.5 Å². The predicted octanol–water partition coefficient (Wildman–Crippen LogP) is 4.23. The van der Waals surface area contributed by atoms with E-state index < -0.39 is 5.67 Å². The summed E-state index contributed by atoms with van der Waals surface area (Å²) in [5.41, 5.74) is 0.116. The first-order chi connectivity index (χ1) is 11.9. The number of halogens is 1. The number of ether oxygens (including phenoxy) is 4.